The Morgan fingerprint density at radius 2 is 2.12 bits per heavy atom. The molecule has 94 valence electrons. The van der Waals surface area contributed by atoms with Crippen molar-refractivity contribution < 1.29 is 13.2 Å². The van der Waals surface area contributed by atoms with E-state index in [0.717, 1.165) is 6.26 Å². The van der Waals surface area contributed by atoms with E-state index in [0.29, 0.717) is 12.1 Å². The van der Waals surface area contributed by atoms with E-state index >= 15 is 0 Å². The smallest absolute Gasteiger partial charge is 0.251 e. The summed E-state index contributed by atoms with van der Waals surface area (Å²) >= 11 is 0. The average molecular weight is 256 g/mol. The van der Waals surface area contributed by atoms with Gasteiger partial charge in [0.25, 0.3) is 5.91 Å². The van der Waals surface area contributed by atoms with Crippen molar-refractivity contribution in [2.75, 3.05) is 12.8 Å². The molecule has 0 saturated carbocycles. The highest BCUT2D eigenvalue weighted by Crippen LogP contribution is 2.11. The lowest BCUT2D eigenvalue weighted by atomic mass is 10.2. The Morgan fingerprint density at radius 3 is 2.65 bits per heavy atom. The van der Waals surface area contributed by atoms with Crippen LogP contribution in [0, 0.1) is 0 Å². The minimum absolute atomic E-state index is 0.131. The first-order valence-electron chi connectivity index (χ1n) is 5.14. The molecule has 1 atom stereocenters. The normalized spacial score (nSPS) is 13.1. The van der Waals surface area contributed by atoms with Gasteiger partial charge in [-0.3, -0.25) is 4.79 Å². The predicted octanol–water partition coefficient (Wildman–Crippen LogP) is 0.167. The van der Waals surface area contributed by atoms with Crippen LogP contribution in [0.5, 0.6) is 0 Å². The summed E-state index contributed by atoms with van der Waals surface area (Å²) < 4.78 is 22.6. The molecule has 0 heterocycles. The number of amides is 1. The van der Waals surface area contributed by atoms with Gasteiger partial charge in [-0.2, -0.15) is 0 Å². The Balaban J connectivity index is 2.89. The monoisotopic (exact) mass is 256 g/mol. The molecule has 0 aliphatic rings. The van der Waals surface area contributed by atoms with Crippen LogP contribution in [0.3, 0.4) is 0 Å². The fourth-order valence-electron chi connectivity index (χ4n) is 1.22. The number of carbonyl (C=O) groups is 1. The topological polar surface area (TPSA) is 89.3 Å². The number of benzene rings is 1. The van der Waals surface area contributed by atoms with E-state index in [2.05, 4.69) is 5.32 Å². The SMILES string of the molecule is CC(N)CNC(=O)c1cccc(S(C)(=O)=O)c1. The molecule has 0 radical (unpaired) electrons. The largest absolute Gasteiger partial charge is 0.350 e. The van der Waals surface area contributed by atoms with Gasteiger partial charge >= 0.3 is 0 Å². The highest BCUT2D eigenvalue weighted by molar-refractivity contribution is 7.90. The van der Waals surface area contributed by atoms with Crippen LogP contribution in [-0.2, 0) is 9.84 Å². The van der Waals surface area contributed by atoms with E-state index in [9.17, 15) is 13.2 Å². The van der Waals surface area contributed by atoms with Gasteiger partial charge in [0, 0.05) is 24.4 Å². The molecule has 0 bridgehead atoms. The van der Waals surface area contributed by atoms with Crippen LogP contribution in [-0.4, -0.2) is 33.2 Å². The third kappa shape index (κ3) is 4.16. The quantitative estimate of drug-likeness (QED) is 0.803. The first kappa shape index (κ1) is 13.7. The van der Waals surface area contributed by atoms with Crippen molar-refractivity contribution in [3.05, 3.63) is 29.8 Å². The van der Waals surface area contributed by atoms with Crippen molar-refractivity contribution in [3.8, 4) is 0 Å². The van der Waals surface area contributed by atoms with E-state index in [4.69, 9.17) is 5.73 Å². The Labute approximate surface area is 101 Å². The summed E-state index contributed by atoms with van der Waals surface area (Å²) in [6.45, 7) is 2.12. The van der Waals surface area contributed by atoms with Gasteiger partial charge in [0.1, 0.15) is 0 Å². The number of nitrogens with one attached hydrogen (secondary N) is 1. The summed E-state index contributed by atoms with van der Waals surface area (Å²) in [5.41, 5.74) is 5.82. The molecule has 1 aromatic rings. The number of carbonyl (C=O) groups excluding carboxylic acids is 1. The van der Waals surface area contributed by atoms with Gasteiger partial charge in [0.2, 0.25) is 0 Å². The maximum absolute atomic E-state index is 11.7. The zero-order valence-electron chi connectivity index (χ0n) is 9.80. The third-order valence-corrected chi connectivity index (χ3v) is 3.22. The number of hydrogen-bond donors (Lipinski definition) is 2. The lowest BCUT2D eigenvalue weighted by Crippen LogP contribution is -2.35. The number of sulfone groups is 1. The molecule has 6 heteroatoms. The molecule has 1 rings (SSSR count). The van der Waals surface area contributed by atoms with Crippen molar-refractivity contribution in [3.63, 3.8) is 0 Å². The lowest BCUT2D eigenvalue weighted by Gasteiger charge is -2.08. The second-order valence-electron chi connectivity index (χ2n) is 3.99. The summed E-state index contributed by atoms with van der Waals surface area (Å²) in [6.07, 6.45) is 1.10. The number of rotatable bonds is 4. The highest BCUT2D eigenvalue weighted by atomic mass is 32.2. The first-order valence-corrected chi connectivity index (χ1v) is 7.04. The Kier molecular flexibility index (Phi) is 4.25. The van der Waals surface area contributed by atoms with Gasteiger partial charge in [0.05, 0.1) is 4.90 Å². The molecule has 17 heavy (non-hydrogen) atoms. The second-order valence-corrected chi connectivity index (χ2v) is 6.00. The minimum atomic E-state index is -3.29. The average Bonchev–Trinajstić information content (AvgIpc) is 2.25. The zero-order valence-corrected chi connectivity index (χ0v) is 10.6. The van der Waals surface area contributed by atoms with Crippen LogP contribution in [0.2, 0.25) is 0 Å². The van der Waals surface area contributed by atoms with Crippen LogP contribution in [0.1, 0.15) is 17.3 Å². The van der Waals surface area contributed by atoms with Gasteiger partial charge in [-0.1, -0.05) is 6.07 Å². The summed E-state index contributed by atoms with van der Waals surface area (Å²) in [5.74, 6) is -0.326. The van der Waals surface area contributed by atoms with Gasteiger partial charge in [0.15, 0.2) is 9.84 Å². The summed E-state index contributed by atoms with van der Waals surface area (Å²) in [4.78, 5) is 11.8. The molecular formula is C11H16N2O3S. The summed E-state index contributed by atoms with van der Waals surface area (Å²) in [7, 11) is -3.29. The van der Waals surface area contributed by atoms with Gasteiger partial charge in [-0.05, 0) is 25.1 Å². The summed E-state index contributed by atoms with van der Waals surface area (Å²) in [6, 6.07) is 5.77. The van der Waals surface area contributed by atoms with Crippen molar-refractivity contribution in [1.82, 2.24) is 5.32 Å². The van der Waals surface area contributed by atoms with Crippen LogP contribution >= 0.6 is 0 Å². The van der Waals surface area contributed by atoms with Gasteiger partial charge in [-0.25, -0.2) is 8.42 Å². The molecule has 1 unspecified atom stereocenters. The molecule has 1 amide bonds. The fraction of sp³-hybridized carbons (Fsp3) is 0.364. The fourth-order valence-corrected chi connectivity index (χ4v) is 1.89. The first-order chi connectivity index (χ1) is 7.80. The van der Waals surface area contributed by atoms with Crippen molar-refractivity contribution in [1.29, 1.82) is 0 Å². The van der Waals surface area contributed by atoms with Crippen molar-refractivity contribution in [2.24, 2.45) is 5.73 Å². The number of nitrogens with two attached hydrogens (primary N) is 1. The van der Waals surface area contributed by atoms with E-state index < -0.39 is 9.84 Å². The van der Waals surface area contributed by atoms with Gasteiger partial charge in [-0.15, -0.1) is 0 Å². The molecule has 0 fully saturated rings. The van der Waals surface area contributed by atoms with Crippen molar-refractivity contribution in [2.45, 2.75) is 17.9 Å². The van der Waals surface area contributed by atoms with Crippen LogP contribution in [0.4, 0.5) is 0 Å². The number of hydrogen-bond acceptors (Lipinski definition) is 4. The van der Waals surface area contributed by atoms with Crippen molar-refractivity contribution >= 4 is 15.7 Å². The molecule has 0 aliphatic heterocycles. The van der Waals surface area contributed by atoms with E-state index in [1.165, 1.54) is 18.2 Å². The maximum Gasteiger partial charge on any atom is 0.251 e. The maximum atomic E-state index is 11.7. The van der Waals surface area contributed by atoms with Crippen LogP contribution < -0.4 is 11.1 Å². The van der Waals surface area contributed by atoms with E-state index in [-0.39, 0.29) is 16.8 Å². The Hall–Kier alpha value is -1.40. The summed E-state index contributed by atoms with van der Waals surface area (Å²) in [5, 5.41) is 2.62. The zero-order chi connectivity index (χ0) is 13.1. The minimum Gasteiger partial charge on any atom is -0.350 e. The highest BCUT2D eigenvalue weighted by Gasteiger charge is 2.11. The van der Waals surface area contributed by atoms with Crippen LogP contribution in [0.25, 0.3) is 0 Å². The van der Waals surface area contributed by atoms with E-state index in [1.54, 1.807) is 13.0 Å². The molecular weight excluding hydrogens is 240 g/mol. The standard InChI is InChI=1S/C11H16N2O3S/c1-8(12)7-13-11(14)9-4-3-5-10(6-9)17(2,15)16/h3-6,8H,7,12H2,1-2H3,(H,13,14). The van der Waals surface area contributed by atoms with Gasteiger partial charge < -0.3 is 11.1 Å². The van der Waals surface area contributed by atoms with E-state index in [1.807, 2.05) is 0 Å². The molecule has 0 saturated heterocycles. The Bertz CT molecular complexity index is 509. The molecule has 1 aromatic carbocycles. The molecule has 0 spiro atoms. The molecule has 5 nitrogen and oxygen atoms in total. The lowest BCUT2D eigenvalue weighted by molar-refractivity contribution is 0.0951. The Morgan fingerprint density at radius 1 is 1.47 bits per heavy atom. The third-order valence-electron chi connectivity index (χ3n) is 2.11. The molecule has 0 aromatic heterocycles. The second kappa shape index (κ2) is 5.29. The van der Waals surface area contributed by atoms with Crippen LogP contribution in [0.15, 0.2) is 29.2 Å². The molecule has 3 N–H and O–H groups in total. The molecule has 0 aliphatic carbocycles. The predicted molar refractivity (Wildman–Crippen MR) is 65.5 cm³/mol.